The lowest BCUT2D eigenvalue weighted by molar-refractivity contribution is -0.137. The van der Waals surface area contributed by atoms with Gasteiger partial charge < -0.3 is 14.6 Å². The quantitative estimate of drug-likeness (QED) is 0.184. The van der Waals surface area contributed by atoms with Gasteiger partial charge in [0.25, 0.3) is 11.7 Å². The third-order valence-corrected chi connectivity index (χ3v) is 6.12. The van der Waals surface area contributed by atoms with E-state index in [-0.39, 0.29) is 33.3 Å². The number of aliphatic hydroxyl groups excluding tert-OH is 1. The molecule has 3 aromatic rings. The number of hydrogen-bond acceptors (Lipinski definition) is 5. The average molecular weight is 536 g/mol. The number of ether oxygens (including phenoxy) is 2. The zero-order valence-electron chi connectivity index (χ0n) is 19.3. The Morgan fingerprint density at radius 3 is 2.27 bits per heavy atom. The zero-order chi connectivity index (χ0) is 27.1. The van der Waals surface area contributed by atoms with E-state index in [0.717, 1.165) is 23.1 Å². The minimum atomic E-state index is -4.75. The van der Waals surface area contributed by atoms with Crippen molar-refractivity contribution in [2.75, 3.05) is 19.1 Å². The summed E-state index contributed by atoms with van der Waals surface area (Å²) in [7, 11) is 2.58. The third kappa shape index (κ3) is 4.60. The number of Topliss-reactive ketones (excluding diaryl/α,β-unsaturated/α-hetero) is 1. The topological polar surface area (TPSA) is 76.1 Å². The van der Waals surface area contributed by atoms with Crippen molar-refractivity contribution >= 4 is 34.7 Å². The molecule has 1 amide bonds. The lowest BCUT2D eigenvalue weighted by Gasteiger charge is -2.26. The largest absolute Gasteiger partial charge is 0.507 e. The number of amides is 1. The number of benzene rings is 3. The minimum Gasteiger partial charge on any atom is -0.507 e. The molecule has 3 aromatic carbocycles. The van der Waals surface area contributed by atoms with Gasteiger partial charge in [-0.25, -0.2) is 4.39 Å². The molecule has 1 heterocycles. The molecule has 11 heteroatoms. The van der Waals surface area contributed by atoms with E-state index in [1.807, 2.05) is 0 Å². The smallest absolute Gasteiger partial charge is 0.416 e. The van der Waals surface area contributed by atoms with Crippen molar-refractivity contribution in [1.29, 1.82) is 0 Å². The van der Waals surface area contributed by atoms with Crippen molar-refractivity contribution in [2.45, 2.75) is 12.2 Å². The Bertz CT molecular complexity index is 1440. The summed E-state index contributed by atoms with van der Waals surface area (Å²) in [5.41, 5.74) is -2.28. The molecule has 1 unspecified atom stereocenters. The first-order valence-corrected chi connectivity index (χ1v) is 11.0. The molecule has 0 spiro atoms. The van der Waals surface area contributed by atoms with E-state index in [4.69, 9.17) is 21.1 Å². The van der Waals surface area contributed by atoms with Gasteiger partial charge in [0, 0.05) is 17.3 Å². The van der Waals surface area contributed by atoms with Crippen molar-refractivity contribution < 1.29 is 41.7 Å². The Morgan fingerprint density at radius 2 is 1.65 bits per heavy atom. The van der Waals surface area contributed by atoms with Gasteiger partial charge in [-0.15, -0.1) is 0 Å². The van der Waals surface area contributed by atoms with Crippen LogP contribution in [0.25, 0.3) is 5.76 Å². The van der Waals surface area contributed by atoms with Gasteiger partial charge in [0.05, 0.1) is 42.0 Å². The Hall–Kier alpha value is -4.05. The fourth-order valence-electron chi connectivity index (χ4n) is 4.11. The highest BCUT2D eigenvalue weighted by Gasteiger charge is 2.48. The van der Waals surface area contributed by atoms with Crippen LogP contribution in [-0.4, -0.2) is 31.0 Å². The lowest BCUT2D eigenvalue weighted by atomic mass is 9.94. The van der Waals surface area contributed by atoms with Crippen LogP contribution in [0.15, 0.2) is 66.2 Å². The number of nitrogens with zero attached hydrogens (tertiary/aromatic N) is 1. The third-order valence-electron chi connectivity index (χ3n) is 5.82. The maximum absolute atomic E-state index is 15.0. The van der Waals surface area contributed by atoms with Crippen LogP contribution < -0.4 is 14.4 Å². The SMILES string of the molecule is COc1cc(/C(O)=C2\C(=O)C(=O)N(c3cccc(C(F)(F)F)c3)C2c2ccccc2F)c(OC)cc1Cl. The molecule has 0 bridgehead atoms. The Kier molecular flexibility index (Phi) is 6.88. The molecule has 1 atom stereocenters. The fourth-order valence-corrected chi connectivity index (χ4v) is 4.34. The molecular weight excluding hydrogens is 518 g/mol. The maximum atomic E-state index is 15.0. The first-order chi connectivity index (χ1) is 17.5. The summed E-state index contributed by atoms with van der Waals surface area (Å²) in [4.78, 5) is 27.2. The summed E-state index contributed by atoms with van der Waals surface area (Å²) < 4.78 is 65.7. The molecule has 0 aliphatic carbocycles. The van der Waals surface area contributed by atoms with Gasteiger partial charge >= 0.3 is 6.18 Å². The molecule has 1 saturated heterocycles. The molecule has 6 nitrogen and oxygen atoms in total. The molecular formula is C26H18ClF4NO5. The monoisotopic (exact) mass is 535 g/mol. The molecule has 0 aromatic heterocycles. The van der Waals surface area contributed by atoms with E-state index in [1.54, 1.807) is 0 Å². The summed E-state index contributed by atoms with van der Waals surface area (Å²) in [6.45, 7) is 0. The fraction of sp³-hybridized carbons (Fsp3) is 0.154. The highest BCUT2D eigenvalue weighted by atomic mass is 35.5. The van der Waals surface area contributed by atoms with Gasteiger partial charge in [0.2, 0.25) is 0 Å². The highest BCUT2D eigenvalue weighted by molar-refractivity contribution is 6.51. The number of methoxy groups -OCH3 is 2. The van der Waals surface area contributed by atoms with Crippen LogP contribution in [0, 0.1) is 5.82 Å². The number of anilines is 1. The lowest BCUT2D eigenvalue weighted by Crippen LogP contribution is -2.30. The Labute approximate surface area is 213 Å². The summed E-state index contributed by atoms with van der Waals surface area (Å²) in [5, 5.41) is 11.4. The summed E-state index contributed by atoms with van der Waals surface area (Å²) in [6.07, 6.45) is -4.75. The molecule has 1 aliphatic heterocycles. The van der Waals surface area contributed by atoms with E-state index in [1.165, 1.54) is 50.6 Å². The van der Waals surface area contributed by atoms with Crippen LogP contribution in [0.1, 0.15) is 22.7 Å². The van der Waals surface area contributed by atoms with Crippen molar-refractivity contribution in [3.63, 3.8) is 0 Å². The standard InChI is InChI=1S/C26H18ClF4NO5/c1-36-19-12-17(27)20(37-2)11-16(19)23(33)21-22(15-8-3-4-9-18(15)28)32(25(35)24(21)34)14-7-5-6-13(10-14)26(29,30)31/h3-12,22,33H,1-2H3/b23-21+. The second-order valence-electron chi connectivity index (χ2n) is 7.93. The van der Waals surface area contributed by atoms with Crippen LogP contribution in [0.2, 0.25) is 5.02 Å². The average Bonchev–Trinajstić information content (AvgIpc) is 3.13. The summed E-state index contributed by atoms with van der Waals surface area (Å²) >= 11 is 6.12. The number of carbonyl (C=O) groups is 2. The van der Waals surface area contributed by atoms with E-state index >= 15 is 4.39 Å². The van der Waals surface area contributed by atoms with Crippen molar-refractivity contribution in [2.24, 2.45) is 0 Å². The van der Waals surface area contributed by atoms with E-state index in [0.29, 0.717) is 6.07 Å². The van der Waals surface area contributed by atoms with E-state index in [9.17, 15) is 27.9 Å². The van der Waals surface area contributed by atoms with Crippen LogP contribution in [-0.2, 0) is 15.8 Å². The van der Waals surface area contributed by atoms with Gasteiger partial charge in [-0.2, -0.15) is 13.2 Å². The highest BCUT2D eigenvalue weighted by Crippen LogP contribution is 2.46. The van der Waals surface area contributed by atoms with Crippen molar-refractivity contribution in [3.05, 3.63) is 93.8 Å². The number of hydrogen-bond donors (Lipinski definition) is 1. The van der Waals surface area contributed by atoms with Crippen LogP contribution in [0.3, 0.4) is 0 Å². The normalized spacial score (nSPS) is 17.3. The number of aliphatic hydroxyl groups is 1. The summed E-state index contributed by atoms with van der Waals surface area (Å²) in [5.74, 6) is -4.00. The van der Waals surface area contributed by atoms with E-state index in [2.05, 4.69) is 0 Å². The van der Waals surface area contributed by atoms with Crippen LogP contribution >= 0.6 is 11.6 Å². The van der Waals surface area contributed by atoms with Gasteiger partial charge in [-0.1, -0.05) is 35.9 Å². The summed E-state index contributed by atoms with van der Waals surface area (Å²) in [6, 6.07) is 9.78. The van der Waals surface area contributed by atoms with Crippen molar-refractivity contribution in [3.8, 4) is 11.5 Å². The number of halogens is 5. The van der Waals surface area contributed by atoms with E-state index < -0.39 is 46.6 Å². The second-order valence-corrected chi connectivity index (χ2v) is 8.33. The van der Waals surface area contributed by atoms with Gasteiger partial charge in [-0.05, 0) is 30.3 Å². The molecule has 4 rings (SSSR count). The molecule has 0 saturated carbocycles. The molecule has 1 aliphatic rings. The first kappa shape index (κ1) is 26.0. The number of alkyl halides is 3. The van der Waals surface area contributed by atoms with Crippen LogP contribution in [0.5, 0.6) is 11.5 Å². The predicted molar refractivity (Wildman–Crippen MR) is 127 cm³/mol. The zero-order valence-corrected chi connectivity index (χ0v) is 20.0. The molecule has 1 N–H and O–H groups in total. The van der Waals surface area contributed by atoms with Crippen LogP contribution in [0.4, 0.5) is 23.2 Å². The molecule has 192 valence electrons. The maximum Gasteiger partial charge on any atom is 0.416 e. The first-order valence-electron chi connectivity index (χ1n) is 10.6. The molecule has 1 fully saturated rings. The Balaban J connectivity index is 2.02. The predicted octanol–water partition coefficient (Wildman–Crippen LogP) is 6.14. The molecule has 37 heavy (non-hydrogen) atoms. The van der Waals surface area contributed by atoms with Crippen molar-refractivity contribution in [1.82, 2.24) is 0 Å². The molecule has 0 radical (unpaired) electrons. The minimum absolute atomic E-state index is 0.000788. The van der Waals surface area contributed by atoms with Gasteiger partial charge in [0.15, 0.2) is 0 Å². The number of ketones is 1. The van der Waals surface area contributed by atoms with Gasteiger partial charge in [0.1, 0.15) is 23.1 Å². The Morgan fingerprint density at radius 1 is 0.973 bits per heavy atom. The number of rotatable bonds is 5. The number of carbonyl (C=O) groups excluding carboxylic acids is 2. The van der Waals surface area contributed by atoms with Gasteiger partial charge in [-0.3, -0.25) is 14.5 Å². The second kappa shape index (κ2) is 9.78.